The normalized spacial score (nSPS) is 19.1. The van der Waals surface area contributed by atoms with E-state index in [1.807, 2.05) is 0 Å². The standard InChI is InChI=1S/C14H21FN2O4/c1-3-14(20,4-2)9-17-12(18)10(15)8-16(13(17)19)11-6-5-7-21-11/h8,11,20H,3-7,9H2,1-2H3. The summed E-state index contributed by atoms with van der Waals surface area (Å²) in [6, 6.07) is 0. The predicted molar refractivity (Wildman–Crippen MR) is 74.7 cm³/mol. The molecule has 0 radical (unpaired) electrons. The summed E-state index contributed by atoms with van der Waals surface area (Å²) in [7, 11) is 0. The monoisotopic (exact) mass is 300 g/mol. The lowest BCUT2D eigenvalue weighted by Crippen LogP contribution is -2.47. The minimum atomic E-state index is -1.20. The number of aliphatic hydroxyl groups is 1. The fraction of sp³-hybridized carbons (Fsp3) is 0.714. The van der Waals surface area contributed by atoms with Gasteiger partial charge in [-0.1, -0.05) is 13.8 Å². The Hall–Kier alpha value is -1.47. The van der Waals surface area contributed by atoms with E-state index in [1.165, 1.54) is 0 Å². The SMILES string of the molecule is CCC(O)(CC)Cn1c(=O)c(F)cn(C2CCCO2)c1=O. The molecular formula is C14H21FN2O4. The van der Waals surface area contributed by atoms with Crippen LogP contribution in [-0.2, 0) is 11.3 Å². The van der Waals surface area contributed by atoms with Gasteiger partial charge in [0.1, 0.15) is 6.23 Å². The van der Waals surface area contributed by atoms with Crippen molar-refractivity contribution in [1.29, 1.82) is 0 Å². The maximum Gasteiger partial charge on any atom is 0.333 e. The minimum absolute atomic E-state index is 0.220. The van der Waals surface area contributed by atoms with Crippen LogP contribution >= 0.6 is 0 Å². The first-order valence-corrected chi connectivity index (χ1v) is 7.27. The van der Waals surface area contributed by atoms with Crippen LogP contribution in [-0.4, -0.2) is 26.4 Å². The zero-order valence-corrected chi connectivity index (χ0v) is 12.3. The third-order valence-electron chi connectivity index (χ3n) is 4.14. The van der Waals surface area contributed by atoms with E-state index in [2.05, 4.69) is 0 Å². The molecule has 1 aliphatic heterocycles. The first-order chi connectivity index (χ1) is 9.91. The molecule has 1 fully saturated rings. The molecule has 0 amide bonds. The van der Waals surface area contributed by atoms with Crippen LogP contribution in [0.5, 0.6) is 0 Å². The molecule has 21 heavy (non-hydrogen) atoms. The lowest BCUT2D eigenvalue weighted by Gasteiger charge is -2.26. The summed E-state index contributed by atoms with van der Waals surface area (Å²) >= 11 is 0. The van der Waals surface area contributed by atoms with E-state index < -0.39 is 28.9 Å². The number of hydrogen-bond acceptors (Lipinski definition) is 4. The van der Waals surface area contributed by atoms with E-state index >= 15 is 0 Å². The van der Waals surface area contributed by atoms with Crippen LogP contribution in [0.3, 0.4) is 0 Å². The molecule has 7 heteroatoms. The number of aromatic nitrogens is 2. The van der Waals surface area contributed by atoms with Gasteiger partial charge in [0.25, 0.3) is 5.56 Å². The van der Waals surface area contributed by atoms with E-state index in [-0.39, 0.29) is 6.54 Å². The quantitative estimate of drug-likeness (QED) is 0.881. The highest BCUT2D eigenvalue weighted by Gasteiger charge is 2.28. The highest BCUT2D eigenvalue weighted by molar-refractivity contribution is 4.93. The molecule has 1 saturated heterocycles. The van der Waals surface area contributed by atoms with E-state index in [9.17, 15) is 19.1 Å². The molecule has 0 saturated carbocycles. The Kier molecular flexibility index (Phi) is 4.63. The van der Waals surface area contributed by atoms with Crippen molar-refractivity contribution in [2.24, 2.45) is 0 Å². The molecule has 1 unspecified atom stereocenters. The number of hydrogen-bond donors (Lipinski definition) is 1. The van der Waals surface area contributed by atoms with Gasteiger partial charge in [0, 0.05) is 6.61 Å². The third kappa shape index (κ3) is 3.08. The molecule has 1 aromatic rings. The van der Waals surface area contributed by atoms with Gasteiger partial charge in [-0.2, -0.15) is 4.39 Å². The van der Waals surface area contributed by atoms with Crippen molar-refractivity contribution in [3.05, 3.63) is 32.9 Å². The summed E-state index contributed by atoms with van der Waals surface area (Å²) < 4.78 is 21.1. The summed E-state index contributed by atoms with van der Waals surface area (Å²) in [6.45, 7) is 3.80. The summed E-state index contributed by atoms with van der Waals surface area (Å²) in [6.07, 6.45) is 2.47. The van der Waals surface area contributed by atoms with E-state index in [0.717, 1.165) is 21.8 Å². The van der Waals surface area contributed by atoms with Gasteiger partial charge in [0.2, 0.25) is 5.82 Å². The first-order valence-electron chi connectivity index (χ1n) is 7.27. The predicted octanol–water partition coefficient (Wildman–Crippen LogP) is 1.01. The van der Waals surface area contributed by atoms with Crippen LogP contribution in [0.1, 0.15) is 45.8 Å². The molecule has 0 aliphatic carbocycles. The largest absolute Gasteiger partial charge is 0.388 e. The highest BCUT2D eigenvalue weighted by Crippen LogP contribution is 2.21. The van der Waals surface area contributed by atoms with Gasteiger partial charge in [-0.3, -0.25) is 13.9 Å². The summed E-state index contributed by atoms with van der Waals surface area (Å²) in [5.41, 5.74) is -2.85. The van der Waals surface area contributed by atoms with Crippen molar-refractivity contribution >= 4 is 0 Å². The second kappa shape index (κ2) is 6.11. The van der Waals surface area contributed by atoms with Crippen molar-refractivity contribution in [1.82, 2.24) is 9.13 Å². The maximum atomic E-state index is 13.8. The smallest absolute Gasteiger partial charge is 0.333 e. The van der Waals surface area contributed by atoms with Crippen molar-refractivity contribution in [2.45, 2.75) is 57.9 Å². The summed E-state index contributed by atoms with van der Waals surface area (Å²) in [4.78, 5) is 24.3. The Morgan fingerprint density at radius 2 is 2.10 bits per heavy atom. The average Bonchev–Trinajstić information content (AvgIpc) is 3.01. The average molecular weight is 300 g/mol. The molecule has 1 atom stereocenters. The van der Waals surface area contributed by atoms with Crippen LogP contribution in [0.2, 0.25) is 0 Å². The molecule has 0 aromatic carbocycles. The lowest BCUT2D eigenvalue weighted by atomic mass is 9.97. The van der Waals surface area contributed by atoms with Crippen LogP contribution in [0.4, 0.5) is 4.39 Å². The molecule has 6 nitrogen and oxygen atoms in total. The van der Waals surface area contributed by atoms with Crippen molar-refractivity contribution in [3.63, 3.8) is 0 Å². The number of halogens is 1. The Morgan fingerprint density at radius 1 is 1.43 bits per heavy atom. The number of nitrogens with zero attached hydrogens (tertiary/aromatic N) is 2. The molecule has 0 spiro atoms. The second-order valence-corrected chi connectivity index (χ2v) is 5.46. The van der Waals surface area contributed by atoms with E-state index in [0.29, 0.717) is 25.9 Å². The van der Waals surface area contributed by atoms with Gasteiger partial charge < -0.3 is 9.84 Å². The second-order valence-electron chi connectivity index (χ2n) is 5.46. The molecule has 2 heterocycles. The minimum Gasteiger partial charge on any atom is -0.388 e. The zero-order valence-electron chi connectivity index (χ0n) is 12.3. The molecule has 118 valence electrons. The fourth-order valence-electron chi connectivity index (χ4n) is 2.48. The maximum absolute atomic E-state index is 13.8. The van der Waals surface area contributed by atoms with Gasteiger partial charge in [-0.05, 0) is 25.7 Å². The van der Waals surface area contributed by atoms with Gasteiger partial charge in [-0.25, -0.2) is 4.79 Å². The van der Waals surface area contributed by atoms with Gasteiger partial charge in [-0.15, -0.1) is 0 Å². The van der Waals surface area contributed by atoms with Gasteiger partial charge >= 0.3 is 5.69 Å². The molecule has 0 bridgehead atoms. The Bertz CT molecular complexity index is 612. The van der Waals surface area contributed by atoms with Crippen molar-refractivity contribution in [2.75, 3.05) is 6.61 Å². The lowest BCUT2D eigenvalue weighted by molar-refractivity contribution is 0.00923. The Balaban J connectivity index is 2.49. The number of rotatable bonds is 5. The van der Waals surface area contributed by atoms with E-state index in [4.69, 9.17) is 4.74 Å². The molecule has 2 rings (SSSR count). The third-order valence-corrected chi connectivity index (χ3v) is 4.14. The van der Waals surface area contributed by atoms with E-state index in [1.54, 1.807) is 13.8 Å². The van der Waals surface area contributed by atoms with Crippen LogP contribution in [0, 0.1) is 5.82 Å². The molecule has 1 aromatic heterocycles. The van der Waals surface area contributed by atoms with Crippen molar-refractivity contribution < 1.29 is 14.2 Å². The first kappa shape index (κ1) is 15.9. The van der Waals surface area contributed by atoms with Crippen LogP contribution in [0.15, 0.2) is 15.8 Å². The van der Waals surface area contributed by atoms with Crippen LogP contribution in [0.25, 0.3) is 0 Å². The zero-order chi connectivity index (χ0) is 15.6. The van der Waals surface area contributed by atoms with Gasteiger partial charge in [0.15, 0.2) is 0 Å². The summed E-state index contributed by atoms with van der Waals surface area (Å²) in [5, 5.41) is 10.3. The Labute approximate surface area is 121 Å². The summed E-state index contributed by atoms with van der Waals surface area (Å²) in [5.74, 6) is -1.01. The van der Waals surface area contributed by atoms with Crippen LogP contribution < -0.4 is 11.2 Å². The number of ether oxygens (including phenoxy) is 1. The fourth-order valence-corrected chi connectivity index (χ4v) is 2.48. The molecular weight excluding hydrogens is 279 g/mol. The topological polar surface area (TPSA) is 73.5 Å². The van der Waals surface area contributed by atoms with Gasteiger partial charge in [0.05, 0.1) is 18.3 Å². The molecule has 1 aliphatic rings. The highest BCUT2D eigenvalue weighted by atomic mass is 19.1. The van der Waals surface area contributed by atoms with Crippen molar-refractivity contribution in [3.8, 4) is 0 Å². The Morgan fingerprint density at radius 3 is 2.62 bits per heavy atom. The molecule has 1 N–H and O–H groups in total.